The molecular weight excluding hydrogens is 244 g/mol. The number of nitrogens with one attached hydrogen (secondary N) is 1. The minimum atomic E-state index is -3.30. The van der Waals surface area contributed by atoms with E-state index in [4.69, 9.17) is 4.42 Å². The Hall–Kier alpha value is -0.990. The number of piperidine rings is 1. The van der Waals surface area contributed by atoms with Crippen LogP contribution in [0.5, 0.6) is 0 Å². The summed E-state index contributed by atoms with van der Waals surface area (Å²) in [6.45, 7) is 2.71. The van der Waals surface area contributed by atoms with Crippen molar-refractivity contribution in [1.82, 2.24) is 19.2 Å². The topological polar surface area (TPSA) is 88.3 Å². The summed E-state index contributed by atoms with van der Waals surface area (Å²) in [6, 6.07) is 0. The van der Waals surface area contributed by atoms with Crippen LogP contribution in [0.4, 0.5) is 0 Å². The molecule has 1 aromatic heterocycles. The Morgan fingerprint density at radius 2 is 2.00 bits per heavy atom. The fourth-order valence-corrected chi connectivity index (χ4v) is 2.90. The fraction of sp³-hybridized carbons (Fsp3) is 0.778. The SMILES string of the molecule is CNS(=O)(=O)N1CCC(c2nnc(C)o2)CC1. The second-order valence-corrected chi connectivity index (χ2v) is 5.92. The zero-order valence-corrected chi connectivity index (χ0v) is 10.7. The first-order chi connectivity index (χ1) is 8.03. The van der Waals surface area contributed by atoms with Crippen molar-refractivity contribution >= 4 is 10.2 Å². The Bertz CT molecular complexity index is 476. The van der Waals surface area contributed by atoms with Gasteiger partial charge in [0.25, 0.3) is 10.2 Å². The molecule has 1 saturated heterocycles. The van der Waals surface area contributed by atoms with Crippen molar-refractivity contribution in [2.45, 2.75) is 25.7 Å². The fourth-order valence-electron chi connectivity index (χ4n) is 1.95. The molecule has 0 radical (unpaired) electrons. The highest BCUT2D eigenvalue weighted by atomic mass is 32.2. The van der Waals surface area contributed by atoms with E-state index in [1.54, 1.807) is 6.92 Å². The predicted molar refractivity (Wildman–Crippen MR) is 60.6 cm³/mol. The molecule has 0 atom stereocenters. The Labute approximate surface area is 100 Å². The van der Waals surface area contributed by atoms with Gasteiger partial charge < -0.3 is 4.42 Å². The highest BCUT2D eigenvalue weighted by Crippen LogP contribution is 2.27. The molecule has 2 heterocycles. The quantitative estimate of drug-likeness (QED) is 0.827. The number of hydrogen-bond donors (Lipinski definition) is 1. The van der Waals surface area contributed by atoms with Crippen LogP contribution >= 0.6 is 0 Å². The molecule has 1 fully saturated rings. The van der Waals surface area contributed by atoms with Gasteiger partial charge in [-0.1, -0.05) is 0 Å². The lowest BCUT2D eigenvalue weighted by Crippen LogP contribution is -2.43. The van der Waals surface area contributed by atoms with E-state index < -0.39 is 10.2 Å². The summed E-state index contributed by atoms with van der Waals surface area (Å²) < 4.78 is 32.2. The molecule has 1 aromatic rings. The second-order valence-electron chi connectivity index (χ2n) is 4.04. The minimum Gasteiger partial charge on any atom is -0.425 e. The monoisotopic (exact) mass is 260 g/mol. The number of hydrogen-bond acceptors (Lipinski definition) is 5. The average Bonchev–Trinajstić information content (AvgIpc) is 2.76. The van der Waals surface area contributed by atoms with Crippen LogP contribution in [0, 0.1) is 6.92 Å². The van der Waals surface area contributed by atoms with Gasteiger partial charge in [-0.25, -0.2) is 4.72 Å². The maximum atomic E-state index is 11.6. The van der Waals surface area contributed by atoms with Crippen molar-refractivity contribution in [3.05, 3.63) is 11.8 Å². The van der Waals surface area contributed by atoms with E-state index in [1.807, 2.05) is 0 Å². The van der Waals surface area contributed by atoms with Crippen LogP contribution < -0.4 is 4.72 Å². The predicted octanol–water partition coefficient (Wildman–Crippen LogP) is 0.0216. The van der Waals surface area contributed by atoms with Gasteiger partial charge in [-0.15, -0.1) is 10.2 Å². The summed E-state index contributed by atoms with van der Waals surface area (Å²) in [5.41, 5.74) is 0. The van der Waals surface area contributed by atoms with Gasteiger partial charge in [0.15, 0.2) is 0 Å². The Balaban J connectivity index is 1.99. The highest BCUT2D eigenvalue weighted by Gasteiger charge is 2.29. The molecular formula is C9H16N4O3S. The molecule has 17 heavy (non-hydrogen) atoms. The molecule has 0 aliphatic carbocycles. The van der Waals surface area contributed by atoms with E-state index in [1.165, 1.54) is 11.4 Å². The lowest BCUT2D eigenvalue weighted by atomic mass is 9.98. The van der Waals surface area contributed by atoms with E-state index in [2.05, 4.69) is 14.9 Å². The first-order valence-corrected chi connectivity index (χ1v) is 6.95. The van der Waals surface area contributed by atoms with E-state index in [0.717, 1.165) is 0 Å². The van der Waals surface area contributed by atoms with Gasteiger partial charge in [0, 0.05) is 33.0 Å². The third kappa shape index (κ3) is 2.64. The van der Waals surface area contributed by atoms with Crippen molar-refractivity contribution in [2.24, 2.45) is 0 Å². The third-order valence-corrected chi connectivity index (χ3v) is 4.50. The van der Waals surface area contributed by atoms with Gasteiger partial charge in [0.05, 0.1) is 0 Å². The summed E-state index contributed by atoms with van der Waals surface area (Å²) in [5.74, 6) is 1.33. The van der Waals surface area contributed by atoms with Crippen LogP contribution in [0.3, 0.4) is 0 Å². The number of aromatic nitrogens is 2. The molecule has 0 amide bonds. The summed E-state index contributed by atoms with van der Waals surface area (Å²) in [4.78, 5) is 0. The number of aryl methyl sites for hydroxylation is 1. The van der Waals surface area contributed by atoms with Crippen LogP contribution in [-0.2, 0) is 10.2 Å². The Kier molecular flexibility index (Phi) is 3.45. The lowest BCUT2D eigenvalue weighted by molar-refractivity contribution is 0.286. The Morgan fingerprint density at radius 3 is 2.47 bits per heavy atom. The standard InChI is InChI=1S/C9H16N4O3S/c1-7-11-12-9(16-7)8-3-5-13(6-4-8)17(14,15)10-2/h8,10H,3-6H2,1-2H3. The van der Waals surface area contributed by atoms with Gasteiger partial charge in [-0.2, -0.15) is 12.7 Å². The van der Waals surface area contributed by atoms with E-state index in [9.17, 15) is 8.42 Å². The maximum Gasteiger partial charge on any atom is 0.279 e. The third-order valence-electron chi connectivity index (χ3n) is 2.94. The van der Waals surface area contributed by atoms with E-state index in [0.29, 0.717) is 37.7 Å². The normalized spacial score (nSPS) is 19.6. The molecule has 0 saturated carbocycles. The molecule has 2 rings (SSSR count). The average molecular weight is 260 g/mol. The van der Waals surface area contributed by atoms with Crippen LogP contribution in [0.1, 0.15) is 30.5 Å². The molecule has 0 unspecified atom stereocenters. The number of nitrogens with zero attached hydrogens (tertiary/aromatic N) is 3. The van der Waals surface area contributed by atoms with E-state index >= 15 is 0 Å². The molecule has 0 spiro atoms. The molecule has 8 heteroatoms. The Morgan fingerprint density at radius 1 is 1.35 bits per heavy atom. The molecule has 1 aliphatic heterocycles. The smallest absolute Gasteiger partial charge is 0.279 e. The van der Waals surface area contributed by atoms with Crippen molar-refractivity contribution < 1.29 is 12.8 Å². The number of rotatable bonds is 3. The van der Waals surface area contributed by atoms with Crippen LogP contribution in [0.15, 0.2) is 4.42 Å². The van der Waals surface area contributed by atoms with Gasteiger partial charge in [0.2, 0.25) is 11.8 Å². The zero-order chi connectivity index (χ0) is 12.5. The van der Waals surface area contributed by atoms with Gasteiger partial charge >= 0.3 is 0 Å². The lowest BCUT2D eigenvalue weighted by Gasteiger charge is -2.28. The molecule has 1 N–H and O–H groups in total. The van der Waals surface area contributed by atoms with Crippen molar-refractivity contribution in [1.29, 1.82) is 0 Å². The van der Waals surface area contributed by atoms with Crippen LogP contribution in [0.2, 0.25) is 0 Å². The van der Waals surface area contributed by atoms with Crippen LogP contribution in [-0.4, -0.2) is 43.1 Å². The minimum absolute atomic E-state index is 0.166. The first-order valence-electron chi connectivity index (χ1n) is 5.51. The van der Waals surface area contributed by atoms with Crippen molar-refractivity contribution in [2.75, 3.05) is 20.1 Å². The highest BCUT2D eigenvalue weighted by molar-refractivity contribution is 7.87. The summed E-state index contributed by atoms with van der Waals surface area (Å²) in [7, 11) is -1.89. The summed E-state index contributed by atoms with van der Waals surface area (Å²) in [6.07, 6.45) is 1.42. The first kappa shape index (κ1) is 12.5. The second kappa shape index (κ2) is 4.71. The van der Waals surface area contributed by atoms with Gasteiger partial charge in [-0.05, 0) is 12.8 Å². The van der Waals surface area contributed by atoms with Gasteiger partial charge in [-0.3, -0.25) is 0 Å². The van der Waals surface area contributed by atoms with E-state index in [-0.39, 0.29) is 5.92 Å². The molecule has 96 valence electrons. The maximum absolute atomic E-state index is 11.6. The molecule has 1 aliphatic rings. The summed E-state index contributed by atoms with van der Waals surface area (Å²) >= 11 is 0. The molecule has 0 bridgehead atoms. The van der Waals surface area contributed by atoms with Crippen LogP contribution in [0.25, 0.3) is 0 Å². The molecule has 0 aromatic carbocycles. The molecule has 7 nitrogen and oxygen atoms in total. The van der Waals surface area contributed by atoms with Crippen molar-refractivity contribution in [3.8, 4) is 0 Å². The van der Waals surface area contributed by atoms with Crippen molar-refractivity contribution in [3.63, 3.8) is 0 Å². The largest absolute Gasteiger partial charge is 0.425 e. The zero-order valence-electron chi connectivity index (χ0n) is 9.88. The summed E-state index contributed by atoms with van der Waals surface area (Å²) in [5, 5.41) is 7.76. The van der Waals surface area contributed by atoms with Gasteiger partial charge in [0.1, 0.15) is 0 Å².